The van der Waals surface area contributed by atoms with Crippen LogP contribution in [0.2, 0.25) is 0 Å². The second-order valence-electron chi connectivity index (χ2n) is 5.92. The number of amides is 1. The SMILES string of the molecule is CCCN(C(=O)OCc1ccc(C(F)(F)F)cc1)C1CCNCC1. The Morgan fingerprint density at radius 2 is 1.88 bits per heavy atom. The molecule has 4 nitrogen and oxygen atoms in total. The number of alkyl halides is 3. The minimum Gasteiger partial charge on any atom is -0.445 e. The molecule has 134 valence electrons. The lowest BCUT2D eigenvalue weighted by molar-refractivity contribution is -0.137. The maximum absolute atomic E-state index is 12.5. The molecule has 1 fully saturated rings. The number of halogens is 3. The van der Waals surface area contributed by atoms with E-state index in [0.717, 1.165) is 44.5 Å². The molecule has 1 saturated heterocycles. The average molecular weight is 344 g/mol. The van der Waals surface area contributed by atoms with Gasteiger partial charge in [-0.2, -0.15) is 13.2 Å². The minimum absolute atomic E-state index is 0.0256. The lowest BCUT2D eigenvalue weighted by Crippen LogP contribution is -2.46. The second-order valence-corrected chi connectivity index (χ2v) is 5.92. The fourth-order valence-corrected chi connectivity index (χ4v) is 2.80. The Morgan fingerprint density at radius 1 is 1.25 bits per heavy atom. The van der Waals surface area contributed by atoms with Gasteiger partial charge in [-0.3, -0.25) is 0 Å². The van der Waals surface area contributed by atoms with Crippen LogP contribution in [0.25, 0.3) is 0 Å². The summed E-state index contributed by atoms with van der Waals surface area (Å²) in [5.41, 5.74) is -0.169. The normalized spacial score (nSPS) is 16.0. The molecule has 0 radical (unpaired) electrons. The number of benzene rings is 1. The molecule has 0 aliphatic carbocycles. The number of ether oxygens (including phenoxy) is 1. The molecule has 0 atom stereocenters. The van der Waals surface area contributed by atoms with Gasteiger partial charge in [0.25, 0.3) is 0 Å². The van der Waals surface area contributed by atoms with Gasteiger partial charge in [0.2, 0.25) is 0 Å². The van der Waals surface area contributed by atoms with Crippen LogP contribution in [0.3, 0.4) is 0 Å². The fraction of sp³-hybridized carbons (Fsp3) is 0.588. The quantitative estimate of drug-likeness (QED) is 0.883. The number of hydrogen-bond donors (Lipinski definition) is 1. The summed E-state index contributed by atoms with van der Waals surface area (Å²) < 4.78 is 42.9. The van der Waals surface area contributed by atoms with Gasteiger partial charge >= 0.3 is 12.3 Å². The third kappa shape index (κ3) is 5.12. The first-order chi connectivity index (χ1) is 11.4. The molecule has 1 heterocycles. The molecule has 0 aromatic heterocycles. The van der Waals surface area contributed by atoms with Gasteiger partial charge in [0.15, 0.2) is 0 Å². The van der Waals surface area contributed by atoms with Crippen molar-refractivity contribution < 1.29 is 22.7 Å². The van der Waals surface area contributed by atoms with Gasteiger partial charge in [0, 0.05) is 12.6 Å². The van der Waals surface area contributed by atoms with Crippen molar-refractivity contribution in [2.24, 2.45) is 0 Å². The topological polar surface area (TPSA) is 41.6 Å². The third-order valence-corrected chi connectivity index (χ3v) is 4.09. The van der Waals surface area contributed by atoms with Crippen LogP contribution in [-0.2, 0) is 17.5 Å². The lowest BCUT2D eigenvalue weighted by Gasteiger charge is -2.33. The molecule has 1 aliphatic heterocycles. The van der Waals surface area contributed by atoms with Gasteiger partial charge in [-0.05, 0) is 50.0 Å². The fourth-order valence-electron chi connectivity index (χ4n) is 2.80. The number of rotatable bonds is 5. The van der Waals surface area contributed by atoms with Crippen molar-refractivity contribution in [3.8, 4) is 0 Å². The van der Waals surface area contributed by atoms with Crippen LogP contribution in [0, 0.1) is 0 Å². The molecule has 1 aliphatic rings. The van der Waals surface area contributed by atoms with Gasteiger partial charge in [-0.25, -0.2) is 4.79 Å². The first kappa shape index (κ1) is 18.6. The first-order valence-electron chi connectivity index (χ1n) is 8.22. The van der Waals surface area contributed by atoms with Crippen molar-refractivity contribution in [3.05, 3.63) is 35.4 Å². The van der Waals surface area contributed by atoms with E-state index in [9.17, 15) is 18.0 Å². The number of carbonyl (C=O) groups is 1. The zero-order chi connectivity index (χ0) is 17.6. The van der Waals surface area contributed by atoms with E-state index in [0.29, 0.717) is 12.1 Å². The highest BCUT2D eigenvalue weighted by Gasteiger charge is 2.30. The summed E-state index contributed by atoms with van der Waals surface area (Å²) >= 11 is 0. The molecule has 1 amide bonds. The minimum atomic E-state index is -4.36. The van der Waals surface area contributed by atoms with E-state index in [1.807, 2.05) is 6.92 Å². The molecule has 7 heteroatoms. The molecule has 2 rings (SSSR count). The highest BCUT2D eigenvalue weighted by atomic mass is 19.4. The Hall–Kier alpha value is -1.76. The standard InChI is InChI=1S/C17H23F3N2O2/c1-2-11-22(15-7-9-21-10-8-15)16(23)24-12-13-3-5-14(6-4-13)17(18,19)20/h3-6,15,21H,2,7-12H2,1H3. The van der Waals surface area contributed by atoms with E-state index >= 15 is 0 Å². The van der Waals surface area contributed by atoms with Crippen LogP contribution in [-0.4, -0.2) is 36.7 Å². The summed E-state index contributed by atoms with van der Waals surface area (Å²) in [4.78, 5) is 14.1. The smallest absolute Gasteiger partial charge is 0.416 e. The molecular weight excluding hydrogens is 321 g/mol. The van der Waals surface area contributed by atoms with Gasteiger partial charge in [-0.15, -0.1) is 0 Å². The van der Waals surface area contributed by atoms with Gasteiger partial charge in [-0.1, -0.05) is 19.1 Å². The summed E-state index contributed by atoms with van der Waals surface area (Å²) in [5, 5.41) is 3.26. The molecule has 1 aromatic carbocycles. The summed E-state index contributed by atoms with van der Waals surface area (Å²) in [6.07, 6.45) is -2.16. The van der Waals surface area contributed by atoms with E-state index < -0.39 is 17.8 Å². The van der Waals surface area contributed by atoms with Crippen molar-refractivity contribution in [2.45, 2.75) is 45.0 Å². The summed E-state index contributed by atoms with van der Waals surface area (Å²) in [6.45, 7) is 4.34. The van der Waals surface area contributed by atoms with Gasteiger partial charge in [0.1, 0.15) is 6.61 Å². The van der Waals surface area contributed by atoms with Crippen LogP contribution in [0.15, 0.2) is 24.3 Å². The van der Waals surface area contributed by atoms with Crippen LogP contribution in [0.4, 0.5) is 18.0 Å². The Bertz CT molecular complexity index is 526. The third-order valence-electron chi connectivity index (χ3n) is 4.09. The summed E-state index contributed by atoms with van der Waals surface area (Å²) in [5.74, 6) is 0. The monoisotopic (exact) mass is 344 g/mol. The maximum atomic E-state index is 12.5. The van der Waals surface area contributed by atoms with Gasteiger partial charge in [0.05, 0.1) is 5.56 Å². The zero-order valence-electron chi connectivity index (χ0n) is 13.7. The average Bonchev–Trinajstić information content (AvgIpc) is 2.58. The van der Waals surface area contributed by atoms with Crippen molar-refractivity contribution in [2.75, 3.05) is 19.6 Å². The second kappa shape index (κ2) is 8.37. The van der Waals surface area contributed by atoms with Crippen LogP contribution in [0.1, 0.15) is 37.3 Å². The molecule has 24 heavy (non-hydrogen) atoms. The molecular formula is C17H23F3N2O2. The van der Waals surface area contributed by atoms with Crippen molar-refractivity contribution in [1.29, 1.82) is 0 Å². The Morgan fingerprint density at radius 3 is 2.42 bits per heavy atom. The molecule has 1 N–H and O–H groups in total. The van der Waals surface area contributed by atoms with E-state index in [-0.39, 0.29) is 12.6 Å². The van der Waals surface area contributed by atoms with Crippen LogP contribution in [0.5, 0.6) is 0 Å². The molecule has 0 spiro atoms. The van der Waals surface area contributed by atoms with Crippen molar-refractivity contribution in [1.82, 2.24) is 10.2 Å². The predicted octanol–water partition coefficient (Wildman–Crippen LogP) is 3.81. The number of nitrogens with zero attached hydrogens (tertiary/aromatic N) is 1. The number of carbonyl (C=O) groups excluding carboxylic acids is 1. The molecule has 1 aromatic rings. The largest absolute Gasteiger partial charge is 0.445 e. The summed E-state index contributed by atoms with van der Waals surface area (Å²) in [7, 11) is 0. The summed E-state index contributed by atoms with van der Waals surface area (Å²) in [6, 6.07) is 4.83. The van der Waals surface area contributed by atoms with Crippen LogP contribution >= 0.6 is 0 Å². The lowest BCUT2D eigenvalue weighted by atomic mass is 10.1. The highest BCUT2D eigenvalue weighted by Crippen LogP contribution is 2.29. The maximum Gasteiger partial charge on any atom is 0.416 e. The van der Waals surface area contributed by atoms with Crippen molar-refractivity contribution in [3.63, 3.8) is 0 Å². The predicted molar refractivity (Wildman–Crippen MR) is 84.5 cm³/mol. The van der Waals surface area contributed by atoms with E-state index in [2.05, 4.69) is 5.32 Å². The first-order valence-corrected chi connectivity index (χ1v) is 8.22. The molecule has 0 unspecified atom stereocenters. The van der Waals surface area contributed by atoms with Crippen molar-refractivity contribution >= 4 is 6.09 Å². The Balaban J connectivity index is 1.92. The van der Waals surface area contributed by atoms with Gasteiger partial charge < -0.3 is 15.0 Å². The Kier molecular flexibility index (Phi) is 6.48. The molecule has 0 bridgehead atoms. The van der Waals surface area contributed by atoms with E-state index in [1.165, 1.54) is 12.1 Å². The number of hydrogen-bond acceptors (Lipinski definition) is 3. The zero-order valence-corrected chi connectivity index (χ0v) is 13.7. The Labute approximate surface area is 140 Å². The number of nitrogens with one attached hydrogen (secondary N) is 1. The van der Waals surface area contributed by atoms with E-state index in [4.69, 9.17) is 4.74 Å². The van der Waals surface area contributed by atoms with Crippen LogP contribution < -0.4 is 5.32 Å². The van der Waals surface area contributed by atoms with E-state index in [1.54, 1.807) is 4.90 Å². The number of piperidine rings is 1. The molecule has 0 saturated carbocycles. The highest BCUT2D eigenvalue weighted by molar-refractivity contribution is 5.68.